The van der Waals surface area contributed by atoms with Gasteiger partial charge in [-0.3, -0.25) is 9.89 Å². The van der Waals surface area contributed by atoms with Gasteiger partial charge in [0, 0.05) is 0 Å². The number of carboxylic acids is 1. The summed E-state index contributed by atoms with van der Waals surface area (Å²) in [5, 5.41) is 23.9. The summed E-state index contributed by atoms with van der Waals surface area (Å²) in [7, 11) is 0. The molecule has 0 spiro atoms. The van der Waals surface area contributed by atoms with Crippen LogP contribution in [-0.2, 0) is 10.2 Å². The van der Waals surface area contributed by atoms with Crippen LogP contribution in [0, 0.1) is 11.3 Å². The molecule has 0 saturated heterocycles. The predicted octanol–water partition coefficient (Wildman–Crippen LogP) is 0.398. The smallest absolute Gasteiger partial charge is 0.315 e. The van der Waals surface area contributed by atoms with Crippen LogP contribution in [0.2, 0.25) is 0 Å². The lowest BCUT2D eigenvalue weighted by Crippen LogP contribution is -2.21. The Labute approximate surface area is 74.0 Å². The second kappa shape index (κ2) is 2.33. The highest BCUT2D eigenvalue weighted by Gasteiger charge is 2.54. The summed E-state index contributed by atoms with van der Waals surface area (Å²) in [4.78, 5) is 10.9. The second-order valence-corrected chi connectivity index (χ2v) is 3.16. The molecule has 1 fully saturated rings. The van der Waals surface area contributed by atoms with Gasteiger partial charge in [0.1, 0.15) is 11.5 Å². The Morgan fingerprint density at radius 2 is 2.46 bits per heavy atom. The van der Waals surface area contributed by atoms with Crippen molar-refractivity contribution in [3.63, 3.8) is 0 Å². The van der Waals surface area contributed by atoms with Crippen molar-refractivity contribution >= 4 is 5.97 Å². The fraction of sp³-hybridized carbons (Fsp3) is 0.375. The molecule has 0 unspecified atom stereocenters. The summed E-state index contributed by atoms with van der Waals surface area (Å²) in [5.41, 5.74) is -0.0796. The summed E-state index contributed by atoms with van der Waals surface area (Å²) in [5.74, 6) is -0.881. The molecular formula is C8H7N3O2. The average Bonchev–Trinajstić information content (AvgIpc) is 2.78. The normalized spacial score (nSPS) is 17.8. The highest BCUT2D eigenvalue weighted by atomic mass is 16.4. The standard InChI is InChI=1S/C8H7N3O2/c9-3-5-4-10-11-6(5)8(1-2-8)7(12)13/h4H,1-2H2,(H,10,11)(H,12,13). The minimum Gasteiger partial charge on any atom is -0.481 e. The van der Waals surface area contributed by atoms with Crippen LogP contribution in [0.15, 0.2) is 6.20 Å². The van der Waals surface area contributed by atoms with Crippen LogP contribution in [0.1, 0.15) is 24.1 Å². The number of hydrogen-bond acceptors (Lipinski definition) is 3. The summed E-state index contributed by atoms with van der Waals surface area (Å²) in [6.07, 6.45) is 2.52. The van der Waals surface area contributed by atoms with Crippen molar-refractivity contribution in [2.45, 2.75) is 18.3 Å². The highest BCUT2D eigenvalue weighted by molar-refractivity contribution is 5.85. The molecule has 0 radical (unpaired) electrons. The van der Waals surface area contributed by atoms with E-state index >= 15 is 0 Å². The van der Waals surface area contributed by atoms with E-state index in [1.54, 1.807) is 0 Å². The summed E-state index contributed by atoms with van der Waals surface area (Å²) < 4.78 is 0. The first-order chi connectivity index (χ1) is 6.20. The van der Waals surface area contributed by atoms with Gasteiger partial charge < -0.3 is 5.11 Å². The number of carboxylic acid groups (broad SMARTS) is 1. The van der Waals surface area contributed by atoms with Crippen molar-refractivity contribution in [1.29, 1.82) is 5.26 Å². The first-order valence-electron chi connectivity index (χ1n) is 3.88. The van der Waals surface area contributed by atoms with Crippen molar-refractivity contribution in [2.75, 3.05) is 0 Å². The van der Waals surface area contributed by atoms with Crippen LogP contribution < -0.4 is 0 Å². The van der Waals surface area contributed by atoms with Gasteiger partial charge in [-0.25, -0.2) is 0 Å². The monoisotopic (exact) mass is 177 g/mol. The third kappa shape index (κ3) is 0.920. The maximum absolute atomic E-state index is 10.9. The zero-order chi connectivity index (χ0) is 9.47. The number of aromatic nitrogens is 2. The lowest BCUT2D eigenvalue weighted by atomic mass is 10.00. The van der Waals surface area contributed by atoms with Gasteiger partial charge in [0.2, 0.25) is 0 Å². The molecule has 0 aromatic carbocycles. The Morgan fingerprint density at radius 1 is 1.77 bits per heavy atom. The zero-order valence-electron chi connectivity index (χ0n) is 6.74. The third-order valence-electron chi connectivity index (χ3n) is 2.40. The summed E-state index contributed by atoms with van der Waals surface area (Å²) in [6.45, 7) is 0. The molecule has 2 rings (SSSR count). The number of hydrogen-bond donors (Lipinski definition) is 2. The lowest BCUT2D eigenvalue weighted by Gasteiger charge is -2.05. The Morgan fingerprint density at radius 3 is 2.92 bits per heavy atom. The minimum absolute atomic E-state index is 0.333. The average molecular weight is 177 g/mol. The second-order valence-electron chi connectivity index (χ2n) is 3.16. The molecule has 2 N–H and O–H groups in total. The Kier molecular flexibility index (Phi) is 1.40. The number of nitriles is 1. The van der Waals surface area contributed by atoms with E-state index in [2.05, 4.69) is 10.2 Å². The fourth-order valence-electron chi connectivity index (χ4n) is 1.43. The maximum atomic E-state index is 10.9. The SMILES string of the molecule is N#Cc1cn[nH]c1C1(C(=O)O)CC1. The molecule has 1 aliphatic carbocycles. The van der Waals surface area contributed by atoms with E-state index in [0.29, 0.717) is 24.1 Å². The van der Waals surface area contributed by atoms with Gasteiger partial charge in [-0.2, -0.15) is 10.4 Å². The topological polar surface area (TPSA) is 89.8 Å². The molecule has 5 nitrogen and oxygen atoms in total. The molecule has 0 aliphatic heterocycles. The highest BCUT2D eigenvalue weighted by Crippen LogP contribution is 2.48. The Balaban J connectivity index is 2.47. The molecule has 0 amide bonds. The van der Waals surface area contributed by atoms with Crippen LogP contribution in [0.25, 0.3) is 0 Å². The van der Waals surface area contributed by atoms with Crippen molar-refractivity contribution < 1.29 is 9.90 Å². The molecular weight excluding hydrogens is 170 g/mol. The first kappa shape index (κ1) is 7.80. The van der Waals surface area contributed by atoms with E-state index in [0.717, 1.165) is 0 Å². The minimum atomic E-state index is -0.881. The Hall–Kier alpha value is -1.83. The van der Waals surface area contributed by atoms with Crippen LogP contribution in [0.4, 0.5) is 0 Å². The predicted molar refractivity (Wildman–Crippen MR) is 41.9 cm³/mol. The molecule has 1 aromatic rings. The molecule has 13 heavy (non-hydrogen) atoms. The van der Waals surface area contributed by atoms with Gasteiger partial charge in [-0.05, 0) is 12.8 Å². The quantitative estimate of drug-likeness (QED) is 0.684. The number of H-pyrrole nitrogens is 1. The van der Waals surface area contributed by atoms with E-state index in [1.165, 1.54) is 6.20 Å². The molecule has 0 bridgehead atoms. The molecule has 1 aromatic heterocycles. The molecule has 5 heteroatoms. The van der Waals surface area contributed by atoms with Crippen molar-refractivity contribution in [1.82, 2.24) is 10.2 Å². The summed E-state index contributed by atoms with van der Waals surface area (Å²) >= 11 is 0. The maximum Gasteiger partial charge on any atom is 0.315 e. The van der Waals surface area contributed by atoms with E-state index < -0.39 is 11.4 Å². The number of rotatable bonds is 2. The number of nitrogens with one attached hydrogen (secondary N) is 1. The third-order valence-corrected chi connectivity index (χ3v) is 2.40. The number of aliphatic carboxylic acids is 1. The molecule has 0 atom stereocenters. The van der Waals surface area contributed by atoms with E-state index in [4.69, 9.17) is 10.4 Å². The number of nitrogens with zero attached hydrogens (tertiary/aromatic N) is 2. The van der Waals surface area contributed by atoms with Gasteiger partial charge in [0.05, 0.1) is 17.5 Å². The van der Waals surface area contributed by atoms with Crippen LogP contribution >= 0.6 is 0 Å². The van der Waals surface area contributed by atoms with Crippen molar-refractivity contribution in [3.05, 3.63) is 17.5 Å². The van der Waals surface area contributed by atoms with Gasteiger partial charge in [-0.15, -0.1) is 0 Å². The summed E-state index contributed by atoms with van der Waals surface area (Å²) in [6, 6.07) is 1.92. The van der Waals surface area contributed by atoms with Gasteiger partial charge in [0.25, 0.3) is 0 Å². The van der Waals surface area contributed by atoms with Gasteiger partial charge >= 0.3 is 5.97 Å². The zero-order valence-corrected chi connectivity index (χ0v) is 6.74. The molecule has 1 heterocycles. The lowest BCUT2D eigenvalue weighted by molar-refractivity contribution is -0.140. The van der Waals surface area contributed by atoms with Gasteiger partial charge in [-0.1, -0.05) is 0 Å². The van der Waals surface area contributed by atoms with E-state index in [-0.39, 0.29) is 0 Å². The number of carbonyl (C=O) groups is 1. The van der Waals surface area contributed by atoms with E-state index in [1.807, 2.05) is 6.07 Å². The Bertz CT molecular complexity index is 398. The number of aromatic amines is 1. The van der Waals surface area contributed by atoms with Crippen LogP contribution in [0.5, 0.6) is 0 Å². The van der Waals surface area contributed by atoms with Crippen LogP contribution in [0.3, 0.4) is 0 Å². The van der Waals surface area contributed by atoms with Crippen LogP contribution in [-0.4, -0.2) is 21.3 Å². The van der Waals surface area contributed by atoms with Gasteiger partial charge in [0.15, 0.2) is 0 Å². The molecule has 66 valence electrons. The van der Waals surface area contributed by atoms with Crippen molar-refractivity contribution in [2.24, 2.45) is 0 Å². The van der Waals surface area contributed by atoms with E-state index in [9.17, 15) is 4.79 Å². The largest absolute Gasteiger partial charge is 0.481 e. The molecule has 1 saturated carbocycles. The molecule has 1 aliphatic rings. The fourth-order valence-corrected chi connectivity index (χ4v) is 1.43. The van der Waals surface area contributed by atoms with Crippen molar-refractivity contribution in [3.8, 4) is 6.07 Å². The first-order valence-corrected chi connectivity index (χ1v) is 3.88.